The number of hydrogen-bond donors (Lipinski definition) is 2. The zero-order valence-corrected chi connectivity index (χ0v) is 15.5. The maximum Gasteiger partial charge on any atom is 0.251 e. The van der Waals surface area contributed by atoms with Crippen LogP contribution in [0.4, 0.5) is 0 Å². The normalized spacial score (nSPS) is 16.4. The van der Waals surface area contributed by atoms with E-state index in [2.05, 4.69) is 21.6 Å². The predicted molar refractivity (Wildman–Crippen MR) is 100 cm³/mol. The molecule has 26 heavy (non-hydrogen) atoms. The Morgan fingerprint density at radius 2 is 1.88 bits per heavy atom. The molecule has 1 saturated heterocycles. The fourth-order valence-corrected chi connectivity index (χ4v) is 3.20. The van der Waals surface area contributed by atoms with Crippen LogP contribution >= 0.6 is 0 Å². The lowest BCUT2D eigenvalue weighted by molar-refractivity contribution is 0.0115. The Kier molecular flexibility index (Phi) is 6.44. The van der Waals surface area contributed by atoms with Gasteiger partial charge in [-0.05, 0) is 36.8 Å². The van der Waals surface area contributed by atoms with Gasteiger partial charge in [-0.25, -0.2) is 0 Å². The molecule has 0 bridgehead atoms. The summed E-state index contributed by atoms with van der Waals surface area (Å²) in [5, 5.41) is 6.16. The van der Waals surface area contributed by atoms with Gasteiger partial charge in [-0.2, -0.15) is 0 Å². The first-order chi connectivity index (χ1) is 12.7. The quantitative estimate of drug-likeness (QED) is 0.794. The van der Waals surface area contributed by atoms with Crippen molar-refractivity contribution in [1.29, 1.82) is 0 Å². The van der Waals surface area contributed by atoms with Crippen LogP contribution in [0.2, 0.25) is 0 Å². The fraction of sp³-hybridized carbons (Fsp3) is 0.450. The summed E-state index contributed by atoms with van der Waals surface area (Å²) in [6.45, 7) is 6.86. The van der Waals surface area contributed by atoms with Gasteiger partial charge < -0.3 is 19.8 Å². The molecule has 6 nitrogen and oxygen atoms in total. The molecular formula is C20H27N3O3. The van der Waals surface area contributed by atoms with E-state index in [0.717, 1.165) is 56.5 Å². The number of nitrogens with one attached hydrogen (secondary N) is 2. The van der Waals surface area contributed by atoms with Crippen LogP contribution in [0.5, 0.6) is 0 Å². The number of amides is 1. The molecule has 2 aromatic rings. The zero-order valence-electron chi connectivity index (χ0n) is 15.5. The summed E-state index contributed by atoms with van der Waals surface area (Å²) in [6.07, 6.45) is 0. The molecule has 1 aromatic heterocycles. The number of hydrogen-bond acceptors (Lipinski definition) is 5. The standard InChI is InChI=1S/C20H27N3O3/c1-15-3-8-19(26-15)18(23-9-11-25-12-10-23)14-22-13-16-4-6-17(7-5-16)20(24)21-2/h3-8,18,22H,9-14H2,1-2H3,(H,21,24). The molecule has 1 aliphatic heterocycles. The minimum absolute atomic E-state index is 0.0647. The van der Waals surface area contributed by atoms with Crippen LogP contribution in [0.1, 0.15) is 33.5 Å². The molecule has 1 atom stereocenters. The molecular weight excluding hydrogens is 330 g/mol. The Bertz CT molecular complexity index is 705. The van der Waals surface area contributed by atoms with E-state index in [1.165, 1.54) is 0 Å². The third-order valence-electron chi connectivity index (χ3n) is 4.69. The van der Waals surface area contributed by atoms with E-state index in [1.807, 2.05) is 37.3 Å². The number of rotatable bonds is 7. The SMILES string of the molecule is CNC(=O)c1ccc(CNCC(c2ccc(C)o2)N2CCOCC2)cc1. The number of aryl methyl sites for hydroxylation is 1. The first-order valence-corrected chi connectivity index (χ1v) is 9.07. The van der Waals surface area contributed by atoms with Crippen molar-refractivity contribution in [2.75, 3.05) is 39.9 Å². The summed E-state index contributed by atoms with van der Waals surface area (Å²) in [7, 11) is 1.64. The van der Waals surface area contributed by atoms with E-state index < -0.39 is 0 Å². The van der Waals surface area contributed by atoms with Crippen molar-refractivity contribution in [3.63, 3.8) is 0 Å². The second-order valence-electron chi connectivity index (χ2n) is 6.52. The van der Waals surface area contributed by atoms with E-state index in [0.29, 0.717) is 5.56 Å². The minimum atomic E-state index is -0.0647. The van der Waals surface area contributed by atoms with Crippen molar-refractivity contribution >= 4 is 5.91 Å². The Morgan fingerprint density at radius 1 is 1.15 bits per heavy atom. The van der Waals surface area contributed by atoms with E-state index in [4.69, 9.17) is 9.15 Å². The van der Waals surface area contributed by atoms with Gasteiger partial charge in [0, 0.05) is 38.8 Å². The van der Waals surface area contributed by atoms with Gasteiger partial charge in [-0.15, -0.1) is 0 Å². The molecule has 140 valence electrons. The first kappa shape index (κ1) is 18.6. The fourth-order valence-electron chi connectivity index (χ4n) is 3.20. The molecule has 0 radical (unpaired) electrons. The average molecular weight is 357 g/mol. The molecule has 1 amide bonds. The van der Waals surface area contributed by atoms with Crippen LogP contribution in [0.25, 0.3) is 0 Å². The van der Waals surface area contributed by atoms with Crippen LogP contribution in [0, 0.1) is 6.92 Å². The maximum atomic E-state index is 11.6. The predicted octanol–water partition coefficient (Wildman–Crippen LogP) is 2.11. The summed E-state index contributed by atoms with van der Waals surface area (Å²) in [6, 6.07) is 11.9. The van der Waals surface area contributed by atoms with E-state index in [1.54, 1.807) is 7.05 Å². The smallest absolute Gasteiger partial charge is 0.251 e. The van der Waals surface area contributed by atoms with E-state index in [-0.39, 0.29) is 11.9 Å². The van der Waals surface area contributed by atoms with Gasteiger partial charge in [-0.1, -0.05) is 12.1 Å². The third-order valence-corrected chi connectivity index (χ3v) is 4.69. The summed E-state index contributed by atoms with van der Waals surface area (Å²) in [5.41, 5.74) is 1.82. The Hall–Kier alpha value is -2.15. The third kappa shape index (κ3) is 4.72. The van der Waals surface area contributed by atoms with Gasteiger partial charge in [0.15, 0.2) is 0 Å². The van der Waals surface area contributed by atoms with Gasteiger partial charge in [0.1, 0.15) is 11.5 Å². The molecule has 2 heterocycles. The molecule has 6 heteroatoms. The number of morpholine rings is 1. The van der Waals surface area contributed by atoms with Crippen molar-refractivity contribution in [2.24, 2.45) is 0 Å². The van der Waals surface area contributed by atoms with Crippen molar-refractivity contribution in [3.05, 3.63) is 59.0 Å². The van der Waals surface area contributed by atoms with Gasteiger partial charge in [-0.3, -0.25) is 9.69 Å². The highest BCUT2D eigenvalue weighted by atomic mass is 16.5. The second-order valence-corrected chi connectivity index (χ2v) is 6.52. The highest BCUT2D eigenvalue weighted by molar-refractivity contribution is 5.93. The van der Waals surface area contributed by atoms with Crippen LogP contribution in [-0.2, 0) is 11.3 Å². The monoisotopic (exact) mass is 357 g/mol. The topological polar surface area (TPSA) is 66.7 Å². The highest BCUT2D eigenvalue weighted by Gasteiger charge is 2.24. The lowest BCUT2D eigenvalue weighted by Crippen LogP contribution is -2.42. The number of ether oxygens (including phenoxy) is 1. The van der Waals surface area contributed by atoms with Crippen molar-refractivity contribution in [3.8, 4) is 0 Å². The van der Waals surface area contributed by atoms with Gasteiger partial charge >= 0.3 is 0 Å². The van der Waals surface area contributed by atoms with E-state index in [9.17, 15) is 4.79 Å². The number of benzene rings is 1. The molecule has 3 rings (SSSR count). The van der Waals surface area contributed by atoms with Crippen LogP contribution in [-0.4, -0.2) is 50.7 Å². The number of carbonyl (C=O) groups is 1. The summed E-state index contributed by atoms with van der Waals surface area (Å²) in [4.78, 5) is 14.0. The lowest BCUT2D eigenvalue weighted by atomic mass is 10.1. The summed E-state index contributed by atoms with van der Waals surface area (Å²) in [5.74, 6) is 1.86. The van der Waals surface area contributed by atoms with Gasteiger partial charge in [0.2, 0.25) is 0 Å². The van der Waals surface area contributed by atoms with E-state index >= 15 is 0 Å². The highest BCUT2D eigenvalue weighted by Crippen LogP contribution is 2.23. The molecule has 1 aromatic carbocycles. The molecule has 1 aliphatic rings. The molecule has 0 spiro atoms. The average Bonchev–Trinajstić information content (AvgIpc) is 3.11. The first-order valence-electron chi connectivity index (χ1n) is 9.07. The summed E-state index contributed by atoms with van der Waals surface area (Å²) < 4.78 is 11.4. The van der Waals surface area contributed by atoms with Gasteiger partial charge in [0.25, 0.3) is 5.91 Å². The second kappa shape index (κ2) is 8.98. The van der Waals surface area contributed by atoms with Crippen molar-refractivity contribution in [1.82, 2.24) is 15.5 Å². The minimum Gasteiger partial charge on any atom is -0.465 e. The molecule has 1 fully saturated rings. The van der Waals surface area contributed by atoms with Crippen molar-refractivity contribution < 1.29 is 13.9 Å². The van der Waals surface area contributed by atoms with Gasteiger partial charge in [0.05, 0.1) is 19.3 Å². The molecule has 2 N–H and O–H groups in total. The van der Waals surface area contributed by atoms with Crippen LogP contribution < -0.4 is 10.6 Å². The maximum absolute atomic E-state index is 11.6. The number of furan rings is 1. The lowest BCUT2D eigenvalue weighted by Gasteiger charge is -2.33. The Balaban J connectivity index is 1.59. The van der Waals surface area contributed by atoms with Crippen LogP contribution in [0.3, 0.4) is 0 Å². The molecule has 0 saturated carbocycles. The zero-order chi connectivity index (χ0) is 18.4. The van der Waals surface area contributed by atoms with Crippen LogP contribution in [0.15, 0.2) is 40.8 Å². The molecule has 1 unspecified atom stereocenters. The van der Waals surface area contributed by atoms with Crippen molar-refractivity contribution in [2.45, 2.75) is 19.5 Å². The number of nitrogens with zero attached hydrogens (tertiary/aromatic N) is 1. The molecule has 0 aliphatic carbocycles. The Labute approximate surface area is 154 Å². The Morgan fingerprint density at radius 3 is 2.50 bits per heavy atom. The summed E-state index contributed by atoms with van der Waals surface area (Å²) >= 11 is 0. The number of carbonyl (C=O) groups excluding carboxylic acids is 1. The largest absolute Gasteiger partial charge is 0.465 e.